The number of ether oxygens (including phenoxy) is 2. The van der Waals surface area contributed by atoms with Crippen molar-refractivity contribution < 1.29 is 14.6 Å². The number of methoxy groups -OCH3 is 2. The lowest BCUT2D eigenvalue weighted by Crippen LogP contribution is -2.41. The molecule has 1 saturated carbocycles. The summed E-state index contributed by atoms with van der Waals surface area (Å²) in [5.74, 6) is 0.812. The molecule has 2 unspecified atom stereocenters. The van der Waals surface area contributed by atoms with Gasteiger partial charge < -0.3 is 14.6 Å². The van der Waals surface area contributed by atoms with E-state index in [2.05, 4.69) is 11.8 Å². The number of hydrogen-bond donors (Lipinski definition) is 1. The minimum Gasteiger partial charge on any atom is -0.497 e. The zero-order chi connectivity index (χ0) is 14.5. The summed E-state index contributed by atoms with van der Waals surface area (Å²) in [6.07, 6.45) is 1.96. The molecule has 1 fully saturated rings. The molecule has 0 bridgehead atoms. The Kier molecular flexibility index (Phi) is 5.40. The van der Waals surface area contributed by atoms with E-state index in [0.717, 1.165) is 17.9 Å². The highest BCUT2D eigenvalue weighted by atomic mass is 16.5. The van der Waals surface area contributed by atoms with Gasteiger partial charge in [-0.15, -0.1) is 0 Å². The van der Waals surface area contributed by atoms with Crippen LogP contribution in [0.15, 0.2) is 24.3 Å². The molecule has 4 heteroatoms. The second-order valence-corrected chi connectivity index (χ2v) is 5.42. The molecule has 0 aliphatic heterocycles. The summed E-state index contributed by atoms with van der Waals surface area (Å²) >= 11 is 0. The summed E-state index contributed by atoms with van der Waals surface area (Å²) in [4.78, 5) is 2.36. The van der Waals surface area contributed by atoms with Crippen LogP contribution in [-0.2, 0) is 4.74 Å². The van der Waals surface area contributed by atoms with E-state index in [-0.39, 0.29) is 6.04 Å². The first-order chi connectivity index (χ1) is 9.67. The average Bonchev–Trinajstić information content (AvgIpc) is 3.31. The van der Waals surface area contributed by atoms with E-state index in [1.807, 2.05) is 24.3 Å². The Morgan fingerprint density at radius 1 is 1.25 bits per heavy atom. The molecule has 0 aromatic heterocycles. The summed E-state index contributed by atoms with van der Waals surface area (Å²) in [6, 6.07) is 8.34. The molecule has 112 valence electrons. The van der Waals surface area contributed by atoms with E-state index in [9.17, 15) is 5.11 Å². The van der Waals surface area contributed by atoms with Gasteiger partial charge in [0.05, 0.1) is 19.8 Å². The van der Waals surface area contributed by atoms with Gasteiger partial charge in [0.1, 0.15) is 5.75 Å². The second-order valence-electron chi connectivity index (χ2n) is 5.42. The molecule has 0 saturated heterocycles. The third kappa shape index (κ3) is 3.72. The van der Waals surface area contributed by atoms with Gasteiger partial charge >= 0.3 is 0 Å². The Labute approximate surface area is 121 Å². The van der Waals surface area contributed by atoms with E-state index in [1.54, 1.807) is 14.2 Å². The normalized spacial score (nSPS) is 18.1. The summed E-state index contributed by atoms with van der Waals surface area (Å²) in [7, 11) is 3.36. The summed E-state index contributed by atoms with van der Waals surface area (Å²) < 4.78 is 10.3. The predicted molar refractivity (Wildman–Crippen MR) is 79.0 cm³/mol. The van der Waals surface area contributed by atoms with Crippen molar-refractivity contribution in [3.63, 3.8) is 0 Å². The first-order valence-corrected chi connectivity index (χ1v) is 7.24. The number of hydrogen-bond acceptors (Lipinski definition) is 4. The fourth-order valence-corrected chi connectivity index (χ4v) is 2.58. The molecule has 2 rings (SSSR count). The van der Waals surface area contributed by atoms with E-state index >= 15 is 0 Å². The highest BCUT2D eigenvalue weighted by Gasteiger charge is 2.34. The van der Waals surface area contributed by atoms with Crippen molar-refractivity contribution in [2.45, 2.75) is 38.0 Å². The Balaban J connectivity index is 2.02. The fourth-order valence-electron chi connectivity index (χ4n) is 2.58. The molecule has 0 spiro atoms. The van der Waals surface area contributed by atoms with Gasteiger partial charge in [-0.25, -0.2) is 0 Å². The number of rotatable bonds is 8. The van der Waals surface area contributed by atoms with Gasteiger partial charge in [-0.2, -0.15) is 0 Å². The van der Waals surface area contributed by atoms with Gasteiger partial charge in [0, 0.05) is 25.7 Å². The van der Waals surface area contributed by atoms with Crippen LogP contribution in [0.3, 0.4) is 0 Å². The first-order valence-electron chi connectivity index (χ1n) is 7.24. The standard InChI is InChI=1S/C16H25NO3/c1-12(17(10-11-19-2)14-6-7-14)16(18)13-4-8-15(20-3)9-5-13/h4-5,8-9,12,14,16,18H,6-7,10-11H2,1-3H3. The number of aliphatic hydroxyl groups excluding tert-OH is 1. The minimum absolute atomic E-state index is 0.0889. The Morgan fingerprint density at radius 3 is 2.40 bits per heavy atom. The van der Waals surface area contributed by atoms with Crippen molar-refractivity contribution in [3.8, 4) is 5.75 Å². The predicted octanol–water partition coefficient (Wildman–Crippen LogP) is 2.23. The lowest BCUT2D eigenvalue weighted by molar-refractivity contribution is 0.0368. The van der Waals surface area contributed by atoms with E-state index in [0.29, 0.717) is 12.6 Å². The van der Waals surface area contributed by atoms with Crippen LogP contribution in [0.5, 0.6) is 5.75 Å². The van der Waals surface area contributed by atoms with Crippen LogP contribution in [0.25, 0.3) is 0 Å². The summed E-state index contributed by atoms with van der Waals surface area (Å²) in [5.41, 5.74) is 0.932. The summed E-state index contributed by atoms with van der Waals surface area (Å²) in [6.45, 7) is 3.66. The molecule has 0 radical (unpaired) electrons. The van der Waals surface area contributed by atoms with Crippen molar-refractivity contribution in [1.29, 1.82) is 0 Å². The average molecular weight is 279 g/mol. The highest BCUT2D eigenvalue weighted by molar-refractivity contribution is 5.29. The minimum atomic E-state index is -0.488. The van der Waals surface area contributed by atoms with Gasteiger partial charge in [0.15, 0.2) is 0 Å². The molecule has 1 aromatic carbocycles. The second kappa shape index (κ2) is 7.07. The van der Waals surface area contributed by atoms with Crippen LogP contribution in [-0.4, -0.2) is 49.5 Å². The molecule has 0 amide bonds. The van der Waals surface area contributed by atoms with Crippen molar-refractivity contribution >= 4 is 0 Å². The zero-order valence-electron chi connectivity index (χ0n) is 12.6. The molecule has 1 N–H and O–H groups in total. The van der Waals surface area contributed by atoms with Crippen LogP contribution >= 0.6 is 0 Å². The van der Waals surface area contributed by atoms with Gasteiger partial charge in [0.25, 0.3) is 0 Å². The number of benzene rings is 1. The van der Waals surface area contributed by atoms with E-state index in [4.69, 9.17) is 9.47 Å². The van der Waals surface area contributed by atoms with Gasteiger partial charge in [-0.05, 0) is 37.5 Å². The molecule has 4 nitrogen and oxygen atoms in total. The van der Waals surface area contributed by atoms with Crippen LogP contribution < -0.4 is 4.74 Å². The third-order valence-corrected chi connectivity index (χ3v) is 4.01. The topological polar surface area (TPSA) is 41.9 Å². The molecule has 1 aliphatic carbocycles. The lowest BCUT2D eigenvalue weighted by atomic mass is 10.0. The molecule has 1 aliphatic rings. The largest absolute Gasteiger partial charge is 0.497 e. The molecule has 0 heterocycles. The van der Waals surface area contributed by atoms with Crippen molar-refractivity contribution in [3.05, 3.63) is 29.8 Å². The molecule has 20 heavy (non-hydrogen) atoms. The molecule has 1 aromatic rings. The van der Waals surface area contributed by atoms with E-state index < -0.39 is 6.10 Å². The van der Waals surface area contributed by atoms with Crippen molar-refractivity contribution in [1.82, 2.24) is 4.90 Å². The lowest BCUT2D eigenvalue weighted by Gasteiger charge is -2.32. The zero-order valence-corrected chi connectivity index (χ0v) is 12.6. The molecular weight excluding hydrogens is 254 g/mol. The van der Waals surface area contributed by atoms with Crippen LogP contribution in [0.2, 0.25) is 0 Å². The smallest absolute Gasteiger partial charge is 0.118 e. The fraction of sp³-hybridized carbons (Fsp3) is 0.625. The Bertz CT molecular complexity index is 403. The van der Waals surface area contributed by atoms with Crippen LogP contribution in [0.1, 0.15) is 31.4 Å². The van der Waals surface area contributed by atoms with Gasteiger partial charge in [-0.1, -0.05) is 12.1 Å². The van der Waals surface area contributed by atoms with Crippen LogP contribution in [0, 0.1) is 0 Å². The highest BCUT2D eigenvalue weighted by Crippen LogP contribution is 2.32. The van der Waals surface area contributed by atoms with Gasteiger partial charge in [0.2, 0.25) is 0 Å². The maximum absolute atomic E-state index is 10.6. The maximum Gasteiger partial charge on any atom is 0.118 e. The monoisotopic (exact) mass is 279 g/mol. The van der Waals surface area contributed by atoms with Crippen LogP contribution in [0.4, 0.5) is 0 Å². The number of nitrogens with zero attached hydrogens (tertiary/aromatic N) is 1. The maximum atomic E-state index is 10.6. The SMILES string of the molecule is COCCN(C1CC1)C(C)C(O)c1ccc(OC)cc1. The summed E-state index contributed by atoms with van der Waals surface area (Å²) in [5, 5.41) is 10.6. The van der Waals surface area contributed by atoms with Gasteiger partial charge in [-0.3, -0.25) is 4.90 Å². The Hall–Kier alpha value is -1.10. The van der Waals surface area contributed by atoms with Crippen molar-refractivity contribution in [2.24, 2.45) is 0 Å². The van der Waals surface area contributed by atoms with E-state index in [1.165, 1.54) is 12.8 Å². The van der Waals surface area contributed by atoms with Crippen molar-refractivity contribution in [2.75, 3.05) is 27.4 Å². The first kappa shape index (κ1) is 15.3. The molecule has 2 atom stereocenters. The Morgan fingerprint density at radius 2 is 1.90 bits per heavy atom. The molecular formula is C16H25NO3. The third-order valence-electron chi connectivity index (χ3n) is 4.01. The number of aliphatic hydroxyl groups is 1. The quantitative estimate of drug-likeness (QED) is 0.792.